The molecule has 7 nitrogen and oxygen atoms in total. The Hall–Kier alpha value is -3.48. The summed E-state index contributed by atoms with van der Waals surface area (Å²) in [5.74, 6) is -0.538. The Labute approximate surface area is 181 Å². The highest BCUT2D eigenvalue weighted by Gasteiger charge is 2.23. The highest BCUT2D eigenvalue weighted by molar-refractivity contribution is 5.94. The van der Waals surface area contributed by atoms with Crippen LogP contribution in [0.1, 0.15) is 52.9 Å². The summed E-state index contributed by atoms with van der Waals surface area (Å²) in [5.41, 5.74) is 2.82. The Bertz CT molecular complexity index is 1050. The number of cyclic esters (lactones) is 1. The number of phenolic OH excluding ortho intramolecular Hbond substituents is 1. The molecule has 0 spiro atoms. The molecule has 1 aliphatic rings. The lowest BCUT2D eigenvalue weighted by molar-refractivity contribution is 0.0271. The third-order valence-electron chi connectivity index (χ3n) is 5.35. The number of aromatic hydroxyl groups is 1. The first-order chi connectivity index (χ1) is 15.2. The molecule has 3 heterocycles. The molecule has 2 aromatic heterocycles. The molecule has 3 aromatic rings. The summed E-state index contributed by atoms with van der Waals surface area (Å²) >= 11 is 0. The normalized spacial score (nSPS) is 18.3. The molecule has 1 aromatic carbocycles. The van der Waals surface area contributed by atoms with E-state index < -0.39 is 5.97 Å². The lowest BCUT2D eigenvalue weighted by Gasteiger charge is -2.19. The van der Waals surface area contributed by atoms with Crippen LogP contribution in [0.3, 0.4) is 0 Å². The second kappa shape index (κ2) is 10.0. The van der Waals surface area contributed by atoms with Gasteiger partial charge < -0.3 is 9.84 Å². The molecule has 0 aliphatic carbocycles. The highest BCUT2D eigenvalue weighted by atomic mass is 16.5. The summed E-state index contributed by atoms with van der Waals surface area (Å²) < 4.78 is 7.61. The molecule has 0 saturated heterocycles. The minimum atomic E-state index is -0.491. The molecule has 0 unspecified atom stereocenters. The van der Waals surface area contributed by atoms with Gasteiger partial charge in [-0.15, -0.1) is 5.10 Å². The van der Waals surface area contributed by atoms with Crippen LogP contribution in [0.5, 0.6) is 5.75 Å². The first-order valence-electron chi connectivity index (χ1n) is 10.6. The molecule has 0 amide bonds. The van der Waals surface area contributed by atoms with Crippen molar-refractivity contribution < 1.29 is 14.6 Å². The molecule has 0 saturated carbocycles. The lowest BCUT2D eigenvalue weighted by atomic mass is 10.0. The summed E-state index contributed by atoms with van der Waals surface area (Å²) in [6.07, 6.45) is 14.0. The Morgan fingerprint density at radius 2 is 2.10 bits per heavy atom. The van der Waals surface area contributed by atoms with Crippen LogP contribution in [0.2, 0.25) is 0 Å². The van der Waals surface area contributed by atoms with Crippen LogP contribution in [-0.2, 0) is 24.1 Å². The number of carbonyl (C=O) groups excluding carboxylic acids is 1. The molecule has 1 aliphatic heterocycles. The van der Waals surface area contributed by atoms with Crippen molar-refractivity contribution in [1.82, 2.24) is 20.0 Å². The van der Waals surface area contributed by atoms with Crippen LogP contribution < -0.4 is 0 Å². The van der Waals surface area contributed by atoms with Crippen molar-refractivity contribution in [3.8, 4) is 5.75 Å². The van der Waals surface area contributed by atoms with Crippen molar-refractivity contribution in [2.45, 2.75) is 51.2 Å². The number of ether oxygens (including phenoxy) is 1. The fraction of sp³-hybridized carbons (Fsp3) is 0.333. The number of allylic oxidation sites excluding steroid dienone is 2. The summed E-state index contributed by atoms with van der Waals surface area (Å²) in [7, 11) is 0. The van der Waals surface area contributed by atoms with Crippen molar-refractivity contribution in [2.24, 2.45) is 0 Å². The zero-order chi connectivity index (χ0) is 21.5. The molecule has 0 bridgehead atoms. The maximum absolute atomic E-state index is 12.9. The number of pyridine rings is 1. The monoisotopic (exact) mass is 418 g/mol. The number of hydrogen-bond acceptors (Lipinski definition) is 6. The quantitative estimate of drug-likeness (QED) is 0.511. The molecule has 160 valence electrons. The average Bonchev–Trinajstić information content (AvgIpc) is 3.19. The van der Waals surface area contributed by atoms with E-state index in [4.69, 9.17) is 4.74 Å². The van der Waals surface area contributed by atoms with E-state index in [0.717, 1.165) is 42.5 Å². The van der Waals surface area contributed by atoms with E-state index in [1.807, 2.05) is 30.5 Å². The van der Waals surface area contributed by atoms with Crippen molar-refractivity contribution >= 4 is 5.97 Å². The van der Waals surface area contributed by atoms with Crippen LogP contribution in [0, 0.1) is 0 Å². The minimum Gasteiger partial charge on any atom is -0.507 e. The van der Waals surface area contributed by atoms with Crippen LogP contribution in [-0.4, -0.2) is 37.2 Å². The highest BCUT2D eigenvalue weighted by Crippen LogP contribution is 2.25. The van der Waals surface area contributed by atoms with Gasteiger partial charge in [0.05, 0.1) is 12.2 Å². The molecule has 7 heteroatoms. The molecule has 0 radical (unpaired) electrons. The number of aromatic nitrogens is 4. The predicted molar refractivity (Wildman–Crippen MR) is 116 cm³/mol. The number of hydrogen-bond donors (Lipinski definition) is 1. The Morgan fingerprint density at radius 1 is 1.16 bits per heavy atom. The van der Waals surface area contributed by atoms with E-state index in [9.17, 15) is 9.90 Å². The fourth-order valence-electron chi connectivity index (χ4n) is 3.79. The number of fused-ring (bicyclic) bond motifs is 1. The predicted octanol–water partition coefficient (Wildman–Crippen LogP) is 3.87. The van der Waals surface area contributed by atoms with Gasteiger partial charge >= 0.3 is 5.97 Å². The molecule has 4 rings (SSSR count). The minimum absolute atomic E-state index is 0.0471. The summed E-state index contributed by atoms with van der Waals surface area (Å²) in [5, 5.41) is 18.8. The van der Waals surface area contributed by atoms with Crippen molar-refractivity contribution in [2.75, 3.05) is 0 Å². The molecule has 0 fully saturated rings. The van der Waals surface area contributed by atoms with E-state index >= 15 is 0 Å². The van der Waals surface area contributed by atoms with Crippen LogP contribution in [0.25, 0.3) is 0 Å². The van der Waals surface area contributed by atoms with E-state index in [0.29, 0.717) is 19.4 Å². The molecular weight excluding hydrogens is 392 g/mol. The SMILES string of the molecule is O=C1O[C@@H](Cc2cn(Cc3cccnc3)nn2)CCCC/C=C\Cc2cccc(O)c21. The first-order valence-corrected chi connectivity index (χ1v) is 10.6. The van der Waals surface area contributed by atoms with Gasteiger partial charge in [0.1, 0.15) is 17.4 Å². The number of rotatable bonds is 4. The lowest BCUT2D eigenvalue weighted by Crippen LogP contribution is -2.22. The van der Waals surface area contributed by atoms with Gasteiger partial charge in [0.2, 0.25) is 0 Å². The molecule has 1 N–H and O–H groups in total. The maximum Gasteiger partial charge on any atom is 0.342 e. The van der Waals surface area contributed by atoms with E-state index in [1.165, 1.54) is 6.07 Å². The summed E-state index contributed by atoms with van der Waals surface area (Å²) in [6.45, 7) is 0.582. The van der Waals surface area contributed by atoms with Crippen molar-refractivity contribution in [3.05, 3.63) is 83.5 Å². The number of carbonyl (C=O) groups is 1. The van der Waals surface area contributed by atoms with Gasteiger partial charge in [-0.25, -0.2) is 9.48 Å². The van der Waals surface area contributed by atoms with E-state index in [2.05, 4.69) is 21.4 Å². The third kappa shape index (κ3) is 5.57. The van der Waals surface area contributed by atoms with Gasteiger partial charge in [0.25, 0.3) is 0 Å². The van der Waals surface area contributed by atoms with Gasteiger partial charge in [-0.2, -0.15) is 0 Å². The van der Waals surface area contributed by atoms with Gasteiger partial charge in [-0.05, 0) is 55.4 Å². The zero-order valence-corrected chi connectivity index (χ0v) is 17.4. The number of nitrogens with zero attached hydrogens (tertiary/aromatic N) is 4. The van der Waals surface area contributed by atoms with Crippen LogP contribution >= 0.6 is 0 Å². The largest absolute Gasteiger partial charge is 0.507 e. The Balaban J connectivity index is 1.49. The van der Waals surface area contributed by atoms with Gasteiger partial charge in [0, 0.05) is 25.0 Å². The smallest absolute Gasteiger partial charge is 0.342 e. The topological polar surface area (TPSA) is 90.1 Å². The van der Waals surface area contributed by atoms with Gasteiger partial charge in [0.15, 0.2) is 0 Å². The fourth-order valence-corrected chi connectivity index (χ4v) is 3.79. The van der Waals surface area contributed by atoms with Crippen LogP contribution in [0.4, 0.5) is 0 Å². The van der Waals surface area contributed by atoms with Gasteiger partial charge in [-0.3, -0.25) is 4.98 Å². The summed E-state index contributed by atoms with van der Waals surface area (Å²) in [4.78, 5) is 17.1. The zero-order valence-electron chi connectivity index (χ0n) is 17.4. The first kappa shape index (κ1) is 20.8. The third-order valence-corrected chi connectivity index (χ3v) is 5.35. The second-order valence-corrected chi connectivity index (χ2v) is 7.77. The second-order valence-electron chi connectivity index (χ2n) is 7.77. The van der Waals surface area contributed by atoms with Crippen molar-refractivity contribution in [3.63, 3.8) is 0 Å². The van der Waals surface area contributed by atoms with Gasteiger partial charge in [-0.1, -0.05) is 35.6 Å². The Morgan fingerprint density at radius 3 is 2.97 bits per heavy atom. The maximum atomic E-state index is 12.9. The van der Waals surface area contributed by atoms with Crippen molar-refractivity contribution in [1.29, 1.82) is 0 Å². The number of esters is 1. The number of phenols is 1. The van der Waals surface area contributed by atoms with E-state index in [-0.39, 0.29) is 17.4 Å². The van der Waals surface area contributed by atoms with E-state index in [1.54, 1.807) is 23.1 Å². The Kier molecular flexibility index (Phi) is 6.72. The molecule has 1 atom stereocenters. The molecule has 31 heavy (non-hydrogen) atoms. The molecular formula is C24H26N4O3. The van der Waals surface area contributed by atoms with Crippen LogP contribution in [0.15, 0.2) is 61.1 Å². The number of benzene rings is 1. The standard InChI is InChI=1S/C24H26N4O3/c29-22-12-6-10-19-9-4-2-1-3-5-11-21(31-24(30)23(19)22)14-20-17-28(27-26-20)16-18-8-7-13-25-15-18/h2,4,6-8,10,12-13,15,17,21,29H,1,3,5,9,11,14,16H2/b4-2-/t21-/m1/s1. The summed E-state index contributed by atoms with van der Waals surface area (Å²) in [6, 6.07) is 9.00. The average molecular weight is 418 g/mol.